The fourth-order valence-corrected chi connectivity index (χ4v) is 4.02. The number of hydrogen-bond donors (Lipinski definition) is 1. The molecular weight excluding hydrogens is 352 g/mol. The number of carbonyl (C=O) groups is 2. The first-order chi connectivity index (χ1) is 11.4. The molecule has 0 saturated carbocycles. The van der Waals surface area contributed by atoms with Crippen LogP contribution in [0.2, 0.25) is 5.02 Å². The van der Waals surface area contributed by atoms with E-state index in [2.05, 4.69) is 5.32 Å². The zero-order valence-corrected chi connectivity index (χ0v) is 14.0. The molecule has 1 heterocycles. The Morgan fingerprint density at radius 2 is 1.75 bits per heavy atom. The third kappa shape index (κ3) is 3.13. The average Bonchev–Trinajstić information content (AvgIpc) is 2.83. The molecule has 1 saturated heterocycles. The van der Waals surface area contributed by atoms with E-state index < -0.39 is 15.9 Å². The van der Waals surface area contributed by atoms with Gasteiger partial charge in [-0.2, -0.15) is 0 Å². The molecule has 1 aliphatic rings. The second-order valence-electron chi connectivity index (χ2n) is 5.20. The van der Waals surface area contributed by atoms with Crippen molar-refractivity contribution in [2.45, 2.75) is 6.42 Å². The SMILES string of the molecule is O=C(Nc1ccccc1Cl)c1ccc(N2C(=O)CCS2(=O)=O)cc1. The Morgan fingerprint density at radius 3 is 2.33 bits per heavy atom. The molecule has 8 heteroatoms. The molecule has 0 spiro atoms. The van der Waals surface area contributed by atoms with Crippen LogP contribution in [0.3, 0.4) is 0 Å². The number of hydrogen-bond acceptors (Lipinski definition) is 4. The van der Waals surface area contributed by atoms with Crippen molar-refractivity contribution in [1.82, 2.24) is 0 Å². The molecule has 1 N–H and O–H groups in total. The molecule has 0 aromatic heterocycles. The molecule has 2 aromatic carbocycles. The number of amides is 2. The summed E-state index contributed by atoms with van der Waals surface area (Å²) in [6.07, 6.45) is -0.0307. The number of para-hydroxylation sites is 1. The van der Waals surface area contributed by atoms with Gasteiger partial charge in [0.2, 0.25) is 15.9 Å². The van der Waals surface area contributed by atoms with E-state index in [-0.39, 0.29) is 23.8 Å². The van der Waals surface area contributed by atoms with Crippen LogP contribution >= 0.6 is 11.6 Å². The maximum absolute atomic E-state index is 12.2. The fraction of sp³-hybridized carbons (Fsp3) is 0.125. The van der Waals surface area contributed by atoms with Gasteiger partial charge in [-0.15, -0.1) is 0 Å². The highest BCUT2D eigenvalue weighted by Crippen LogP contribution is 2.26. The number of nitrogens with one attached hydrogen (secondary N) is 1. The van der Waals surface area contributed by atoms with E-state index in [9.17, 15) is 18.0 Å². The lowest BCUT2D eigenvalue weighted by atomic mass is 10.2. The molecule has 1 fully saturated rings. The number of halogens is 1. The standard InChI is InChI=1S/C16H13ClN2O4S/c17-13-3-1-2-4-14(13)18-16(21)11-5-7-12(8-6-11)19-15(20)9-10-24(19,22)23/h1-8H,9-10H2,(H,18,21). The van der Waals surface area contributed by atoms with Crippen LogP contribution < -0.4 is 9.62 Å². The molecule has 0 radical (unpaired) electrons. The van der Waals surface area contributed by atoms with Gasteiger partial charge in [0.25, 0.3) is 5.91 Å². The zero-order valence-electron chi connectivity index (χ0n) is 12.4. The van der Waals surface area contributed by atoms with Crippen LogP contribution in [0.5, 0.6) is 0 Å². The van der Waals surface area contributed by atoms with Gasteiger partial charge in [-0.1, -0.05) is 23.7 Å². The van der Waals surface area contributed by atoms with Crippen molar-refractivity contribution in [2.75, 3.05) is 15.4 Å². The summed E-state index contributed by atoms with van der Waals surface area (Å²) >= 11 is 5.99. The largest absolute Gasteiger partial charge is 0.321 e. The molecule has 0 atom stereocenters. The molecule has 0 unspecified atom stereocenters. The van der Waals surface area contributed by atoms with E-state index in [1.807, 2.05) is 0 Å². The van der Waals surface area contributed by atoms with Gasteiger partial charge in [-0.05, 0) is 36.4 Å². The van der Waals surface area contributed by atoms with Crippen LogP contribution in [0.15, 0.2) is 48.5 Å². The Balaban J connectivity index is 1.81. The van der Waals surface area contributed by atoms with Crippen LogP contribution in [0.4, 0.5) is 11.4 Å². The lowest BCUT2D eigenvalue weighted by Crippen LogP contribution is -2.29. The van der Waals surface area contributed by atoms with Gasteiger partial charge in [0.05, 0.1) is 22.2 Å². The molecule has 2 aromatic rings. The Labute approximate surface area is 144 Å². The van der Waals surface area contributed by atoms with Crippen molar-refractivity contribution < 1.29 is 18.0 Å². The summed E-state index contributed by atoms with van der Waals surface area (Å²) in [7, 11) is -3.61. The maximum Gasteiger partial charge on any atom is 0.255 e. The summed E-state index contributed by atoms with van der Waals surface area (Å²) < 4.78 is 24.5. The van der Waals surface area contributed by atoms with Crippen LogP contribution in [-0.4, -0.2) is 26.0 Å². The Kier molecular flexibility index (Phi) is 4.29. The smallest absolute Gasteiger partial charge is 0.255 e. The second kappa shape index (κ2) is 6.26. The number of sulfonamides is 1. The van der Waals surface area contributed by atoms with Crippen LogP contribution in [0.1, 0.15) is 16.8 Å². The monoisotopic (exact) mass is 364 g/mol. The van der Waals surface area contributed by atoms with E-state index >= 15 is 0 Å². The van der Waals surface area contributed by atoms with Crippen molar-refractivity contribution in [3.05, 3.63) is 59.1 Å². The van der Waals surface area contributed by atoms with Crippen molar-refractivity contribution in [1.29, 1.82) is 0 Å². The molecule has 2 amide bonds. The summed E-state index contributed by atoms with van der Waals surface area (Å²) in [6.45, 7) is 0. The predicted molar refractivity (Wildman–Crippen MR) is 91.7 cm³/mol. The highest BCUT2D eigenvalue weighted by Gasteiger charge is 2.36. The first kappa shape index (κ1) is 16.5. The number of anilines is 2. The van der Waals surface area contributed by atoms with E-state index in [1.54, 1.807) is 24.3 Å². The van der Waals surface area contributed by atoms with Gasteiger partial charge < -0.3 is 5.32 Å². The summed E-state index contributed by atoms with van der Waals surface area (Å²) in [5.41, 5.74) is 1.03. The number of nitrogens with zero attached hydrogens (tertiary/aromatic N) is 1. The summed E-state index contributed by atoms with van der Waals surface area (Å²) in [5, 5.41) is 3.08. The molecular formula is C16H13ClN2O4S. The number of benzene rings is 2. The maximum atomic E-state index is 12.2. The predicted octanol–water partition coefficient (Wildman–Crippen LogP) is 2.66. The minimum atomic E-state index is -3.61. The third-order valence-corrected chi connectivity index (χ3v) is 5.59. The number of carbonyl (C=O) groups excluding carboxylic acids is 2. The number of rotatable bonds is 3. The lowest BCUT2D eigenvalue weighted by Gasteiger charge is -2.15. The molecule has 6 nitrogen and oxygen atoms in total. The Hall–Kier alpha value is -2.38. The zero-order chi connectivity index (χ0) is 17.3. The Bertz CT molecular complexity index is 910. The quantitative estimate of drug-likeness (QED) is 0.907. The average molecular weight is 365 g/mol. The second-order valence-corrected chi connectivity index (χ2v) is 7.55. The van der Waals surface area contributed by atoms with E-state index in [1.165, 1.54) is 24.3 Å². The van der Waals surface area contributed by atoms with Crippen molar-refractivity contribution in [3.63, 3.8) is 0 Å². The van der Waals surface area contributed by atoms with Gasteiger partial charge in [-0.25, -0.2) is 12.7 Å². The van der Waals surface area contributed by atoms with Crippen molar-refractivity contribution in [3.8, 4) is 0 Å². The van der Waals surface area contributed by atoms with E-state index in [4.69, 9.17) is 11.6 Å². The molecule has 0 bridgehead atoms. The first-order valence-corrected chi connectivity index (χ1v) is 9.09. The van der Waals surface area contributed by atoms with Gasteiger partial charge in [-0.3, -0.25) is 9.59 Å². The molecule has 24 heavy (non-hydrogen) atoms. The highest BCUT2D eigenvalue weighted by molar-refractivity contribution is 7.94. The minimum Gasteiger partial charge on any atom is -0.321 e. The van der Waals surface area contributed by atoms with E-state index in [0.29, 0.717) is 16.3 Å². The lowest BCUT2D eigenvalue weighted by molar-refractivity contribution is -0.116. The normalized spacial score (nSPS) is 16.2. The minimum absolute atomic E-state index is 0.0307. The first-order valence-electron chi connectivity index (χ1n) is 7.10. The molecule has 3 rings (SSSR count). The van der Waals surface area contributed by atoms with Crippen molar-refractivity contribution >= 4 is 44.8 Å². The van der Waals surface area contributed by atoms with Crippen LogP contribution in [0.25, 0.3) is 0 Å². The van der Waals surface area contributed by atoms with Crippen molar-refractivity contribution in [2.24, 2.45) is 0 Å². The third-order valence-electron chi connectivity index (χ3n) is 3.56. The fourth-order valence-electron chi connectivity index (χ4n) is 2.37. The van der Waals surface area contributed by atoms with Gasteiger partial charge in [0.15, 0.2) is 0 Å². The van der Waals surface area contributed by atoms with Crippen LogP contribution in [-0.2, 0) is 14.8 Å². The Morgan fingerprint density at radius 1 is 1.08 bits per heavy atom. The summed E-state index contributed by atoms with van der Waals surface area (Å²) in [6, 6.07) is 12.6. The van der Waals surface area contributed by atoms with Gasteiger partial charge >= 0.3 is 0 Å². The molecule has 0 aliphatic carbocycles. The summed E-state index contributed by atoms with van der Waals surface area (Å²) in [5.74, 6) is -1.05. The molecule has 124 valence electrons. The summed E-state index contributed by atoms with van der Waals surface area (Å²) in [4.78, 5) is 24.0. The van der Waals surface area contributed by atoms with Gasteiger partial charge in [0.1, 0.15) is 0 Å². The van der Waals surface area contributed by atoms with E-state index in [0.717, 1.165) is 4.31 Å². The van der Waals surface area contributed by atoms with Crippen LogP contribution in [0, 0.1) is 0 Å². The highest BCUT2D eigenvalue weighted by atomic mass is 35.5. The topological polar surface area (TPSA) is 83.6 Å². The van der Waals surface area contributed by atoms with Gasteiger partial charge in [0, 0.05) is 12.0 Å². The molecule has 1 aliphatic heterocycles.